The minimum absolute atomic E-state index is 0.184. The van der Waals surface area contributed by atoms with Gasteiger partial charge in [0.2, 0.25) is 0 Å². The first-order valence-electron chi connectivity index (χ1n) is 6.00. The van der Waals surface area contributed by atoms with Crippen LogP contribution in [0, 0.1) is 18.8 Å². The lowest BCUT2D eigenvalue weighted by molar-refractivity contribution is 0.603. The number of nitrogens with one attached hydrogen (secondary N) is 1. The predicted molar refractivity (Wildman–Crippen MR) is 87.2 cm³/mol. The number of sulfonamides is 1. The van der Waals surface area contributed by atoms with Gasteiger partial charge in [0.1, 0.15) is 4.21 Å². The second-order valence-corrected chi connectivity index (χ2v) is 7.78. The Labute approximate surface area is 133 Å². The lowest BCUT2D eigenvalue weighted by Crippen LogP contribution is -2.11. The molecule has 3 N–H and O–H groups in total. The van der Waals surface area contributed by atoms with E-state index in [0.717, 1.165) is 16.9 Å². The molecule has 1 aromatic carbocycles. The molecule has 0 amide bonds. The van der Waals surface area contributed by atoms with Crippen molar-refractivity contribution in [3.05, 3.63) is 45.8 Å². The van der Waals surface area contributed by atoms with E-state index in [-0.39, 0.29) is 10.8 Å². The first-order valence-corrected chi connectivity index (χ1v) is 8.68. The molecule has 0 saturated carbocycles. The van der Waals surface area contributed by atoms with Gasteiger partial charge in [0.25, 0.3) is 10.0 Å². The second kappa shape index (κ2) is 6.50. The Morgan fingerprint density at radius 2 is 2.14 bits per heavy atom. The lowest BCUT2D eigenvalue weighted by Gasteiger charge is -2.06. The SMILES string of the molecule is Cc1cc(S(=O)(=O)Nc2cccc(C#CCN)c2)sc1Cl. The summed E-state index contributed by atoms with van der Waals surface area (Å²) < 4.78 is 27.7. The summed E-state index contributed by atoms with van der Waals surface area (Å²) in [6.07, 6.45) is 0. The third-order valence-corrected chi connectivity index (χ3v) is 5.96. The third-order valence-electron chi connectivity index (χ3n) is 2.55. The molecule has 0 atom stereocenters. The van der Waals surface area contributed by atoms with Crippen LogP contribution in [-0.2, 0) is 10.0 Å². The second-order valence-electron chi connectivity index (χ2n) is 4.21. The van der Waals surface area contributed by atoms with E-state index in [1.54, 1.807) is 37.3 Å². The molecule has 2 rings (SSSR count). The maximum absolute atomic E-state index is 12.3. The van der Waals surface area contributed by atoms with Crippen LogP contribution in [0.5, 0.6) is 0 Å². The van der Waals surface area contributed by atoms with E-state index in [9.17, 15) is 8.42 Å². The number of hydrogen-bond acceptors (Lipinski definition) is 4. The van der Waals surface area contributed by atoms with Crippen molar-refractivity contribution in [2.45, 2.75) is 11.1 Å². The monoisotopic (exact) mass is 340 g/mol. The smallest absolute Gasteiger partial charge is 0.271 e. The molecule has 7 heteroatoms. The quantitative estimate of drug-likeness (QED) is 0.844. The van der Waals surface area contributed by atoms with Crippen molar-refractivity contribution in [1.29, 1.82) is 0 Å². The van der Waals surface area contributed by atoms with E-state index in [0.29, 0.717) is 15.6 Å². The molecule has 0 unspecified atom stereocenters. The Hall–Kier alpha value is -1.52. The maximum atomic E-state index is 12.3. The molecule has 21 heavy (non-hydrogen) atoms. The standard InChI is InChI=1S/C14H13ClN2O2S2/c1-10-8-13(20-14(10)15)21(18,19)17-12-6-2-4-11(9-12)5-3-7-16/h2,4,6,8-9,17H,7,16H2,1H3. The van der Waals surface area contributed by atoms with Crippen LogP contribution in [0.15, 0.2) is 34.5 Å². The van der Waals surface area contributed by atoms with Gasteiger partial charge in [0, 0.05) is 5.56 Å². The predicted octanol–water partition coefficient (Wildman–Crippen LogP) is 2.82. The molecule has 2 aromatic rings. The summed E-state index contributed by atoms with van der Waals surface area (Å²) in [4.78, 5) is 0. The van der Waals surface area contributed by atoms with E-state index >= 15 is 0 Å². The molecular weight excluding hydrogens is 328 g/mol. The minimum atomic E-state index is -3.64. The normalized spacial score (nSPS) is 10.8. The highest BCUT2D eigenvalue weighted by Gasteiger charge is 2.18. The van der Waals surface area contributed by atoms with Gasteiger partial charge >= 0.3 is 0 Å². The average Bonchev–Trinajstić information content (AvgIpc) is 2.77. The van der Waals surface area contributed by atoms with Gasteiger partial charge in [-0.15, -0.1) is 11.3 Å². The molecule has 0 saturated heterocycles. The molecule has 0 bridgehead atoms. The van der Waals surface area contributed by atoms with Crippen LogP contribution in [0.2, 0.25) is 4.34 Å². The maximum Gasteiger partial charge on any atom is 0.271 e. The minimum Gasteiger partial charge on any atom is -0.320 e. The van der Waals surface area contributed by atoms with Crippen molar-refractivity contribution >= 4 is 38.6 Å². The van der Waals surface area contributed by atoms with E-state index in [1.807, 2.05) is 0 Å². The van der Waals surface area contributed by atoms with Crippen molar-refractivity contribution in [3.63, 3.8) is 0 Å². The lowest BCUT2D eigenvalue weighted by atomic mass is 10.2. The van der Waals surface area contributed by atoms with E-state index in [4.69, 9.17) is 17.3 Å². The van der Waals surface area contributed by atoms with Crippen LogP contribution < -0.4 is 10.5 Å². The van der Waals surface area contributed by atoms with Crippen molar-refractivity contribution < 1.29 is 8.42 Å². The van der Waals surface area contributed by atoms with E-state index in [1.165, 1.54) is 0 Å². The summed E-state index contributed by atoms with van der Waals surface area (Å²) in [5.41, 5.74) is 7.19. The molecule has 110 valence electrons. The molecule has 1 aromatic heterocycles. The van der Waals surface area contributed by atoms with Gasteiger partial charge in [-0.25, -0.2) is 8.42 Å². The van der Waals surface area contributed by atoms with Crippen LogP contribution in [0.1, 0.15) is 11.1 Å². The number of anilines is 1. The summed E-state index contributed by atoms with van der Waals surface area (Å²) in [7, 11) is -3.64. The van der Waals surface area contributed by atoms with E-state index in [2.05, 4.69) is 16.6 Å². The average molecular weight is 341 g/mol. The highest BCUT2D eigenvalue weighted by molar-refractivity contribution is 7.94. The molecule has 0 aliphatic heterocycles. The zero-order valence-electron chi connectivity index (χ0n) is 11.2. The van der Waals surface area contributed by atoms with Gasteiger partial charge in [-0.05, 0) is 36.8 Å². The number of thiophene rings is 1. The Balaban J connectivity index is 2.28. The molecule has 4 nitrogen and oxygen atoms in total. The van der Waals surface area contributed by atoms with Crippen LogP contribution in [0.25, 0.3) is 0 Å². The number of nitrogens with two attached hydrogens (primary N) is 1. The van der Waals surface area contributed by atoms with Crippen LogP contribution in [0.4, 0.5) is 5.69 Å². The molecule has 0 fully saturated rings. The molecule has 1 heterocycles. The van der Waals surface area contributed by atoms with Crippen molar-refractivity contribution in [2.24, 2.45) is 5.73 Å². The Morgan fingerprint density at radius 3 is 2.76 bits per heavy atom. The van der Waals surface area contributed by atoms with Crippen molar-refractivity contribution in [2.75, 3.05) is 11.3 Å². The summed E-state index contributed by atoms with van der Waals surface area (Å²) in [6, 6.07) is 8.38. The molecule has 0 radical (unpaired) electrons. The number of halogens is 1. The Bertz CT molecular complexity index is 797. The number of hydrogen-bond donors (Lipinski definition) is 2. The van der Waals surface area contributed by atoms with Crippen LogP contribution in [0.3, 0.4) is 0 Å². The van der Waals surface area contributed by atoms with Crippen LogP contribution >= 0.6 is 22.9 Å². The van der Waals surface area contributed by atoms with Gasteiger partial charge < -0.3 is 5.73 Å². The van der Waals surface area contributed by atoms with Crippen molar-refractivity contribution in [1.82, 2.24) is 0 Å². The Kier molecular flexibility index (Phi) is 4.91. The summed E-state index contributed by atoms with van der Waals surface area (Å²) in [6.45, 7) is 2.02. The van der Waals surface area contributed by atoms with Gasteiger partial charge in [-0.3, -0.25) is 4.72 Å². The number of aryl methyl sites for hydroxylation is 1. The van der Waals surface area contributed by atoms with Crippen molar-refractivity contribution in [3.8, 4) is 11.8 Å². The zero-order valence-corrected chi connectivity index (χ0v) is 13.6. The van der Waals surface area contributed by atoms with Gasteiger partial charge in [0.05, 0.1) is 16.6 Å². The van der Waals surface area contributed by atoms with Crippen LogP contribution in [-0.4, -0.2) is 15.0 Å². The number of benzene rings is 1. The fourth-order valence-corrected chi connectivity index (χ4v) is 4.34. The molecule has 0 aliphatic rings. The summed E-state index contributed by atoms with van der Waals surface area (Å²) in [5.74, 6) is 5.58. The topological polar surface area (TPSA) is 72.2 Å². The molecule has 0 aliphatic carbocycles. The summed E-state index contributed by atoms with van der Waals surface area (Å²) >= 11 is 6.95. The number of rotatable bonds is 3. The molecular formula is C14H13ClN2O2S2. The van der Waals surface area contributed by atoms with E-state index < -0.39 is 10.0 Å². The Morgan fingerprint density at radius 1 is 1.38 bits per heavy atom. The first-order chi connectivity index (χ1) is 9.92. The van der Waals surface area contributed by atoms with Gasteiger partial charge in [0.15, 0.2) is 0 Å². The third kappa shape index (κ3) is 3.99. The highest BCUT2D eigenvalue weighted by Crippen LogP contribution is 2.31. The zero-order chi connectivity index (χ0) is 15.5. The highest BCUT2D eigenvalue weighted by atomic mass is 35.5. The van der Waals surface area contributed by atoms with Gasteiger partial charge in [-0.2, -0.15) is 0 Å². The first kappa shape index (κ1) is 15.9. The fraction of sp³-hybridized carbons (Fsp3) is 0.143. The molecule has 0 spiro atoms. The largest absolute Gasteiger partial charge is 0.320 e. The summed E-state index contributed by atoms with van der Waals surface area (Å²) in [5, 5.41) is 0. The van der Waals surface area contributed by atoms with Gasteiger partial charge in [-0.1, -0.05) is 29.5 Å². The fourth-order valence-electron chi connectivity index (χ4n) is 1.58.